The minimum absolute atomic E-state index is 0.0723. The van der Waals surface area contributed by atoms with Crippen molar-refractivity contribution in [2.24, 2.45) is 5.92 Å². The molecule has 3 heterocycles. The van der Waals surface area contributed by atoms with Crippen molar-refractivity contribution in [2.45, 2.75) is 26.7 Å². The molecule has 0 N–H and O–H groups in total. The third-order valence-electron chi connectivity index (χ3n) is 5.20. The van der Waals surface area contributed by atoms with Crippen LogP contribution in [0.5, 0.6) is 0 Å². The summed E-state index contributed by atoms with van der Waals surface area (Å²) in [5, 5.41) is 0. The molecule has 0 aromatic carbocycles. The predicted octanol–water partition coefficient (Wildman–Crippen LogP) is 2.23. The SMILES string of the molecule is CCOC(=O)N1CCN(c2ccc(C(=O)N3CCC(C)CC3)cn2)CC1. The Labute approximate surface area is 154 Å². The zero-order valence-electron chi connectivity index (χ0n) is 15.7. The molecule has 2 aliphatic rings. The molecule has 0 radical (unpaired) electrons. The Balaban J connectivity index is 1.55. The molecular formula is C19H28N4O3. The van der Waals surface area contributed by atoms with Crippen LogP contribution in [0.4, 0.5) is 10.6 Å². The van der Waals surface area contributed by atoms with Gasteiger partial charge in [0.05, 0.1) is 12.2 Å². The van der Waals surface area contributed by atoms with E-state index in [2.05, 4.69) is 16.8 Å². The highest BCUT2D eigenvalue weighted by atomic mass is 16.6. The van der Waals surface area contributed by atoms with Crippen LogP contribution in [0.1, 0.15) is 37.0 Å². The number of piperazine rings is 1. The molecule has 0 aliphatic carbocycles. The van der Waals surface area contributed by atoms with Gasteiger partial charge in [0.25, 0.3) is 5.91 Å². The molecule has 7 nitrogen and oxygen atoms in total. The number of carbonyl (C=O) groups is 2. The van der Waals surface area contributed by atoms with Crippen molar-refractivity contribution >= 4 is 17.8 Å². The molecule has 0 atom stereocenters. The minimum atomic E-state index is -0.253. The number of amides is 2. The van der Waals surface area contributed by atoms with E-state index in [0.29, 0.717) is 44.3 Å². The Bertz CT molecular complexity index is 618. The number of anilines is 1. The smallest absolute Gasteiger partial charge is 0.409 e. The van der Waals surface area contributed by atoms with Crippen molar-refractivity contribution in [2.75, 3.05) is 50.8 Å². The molecule has 1 aromatic rings. The third-order valence-corrected chi connectivity index (χ3v) is 5.20. The van der Waals surface area contributed by atoms with E-state index in [9.17, 15) is 9.59 Å². The van der Waals surface area contributed by atoms with Gasteiger partial charge in [-0.25, -0.2) is 9.78 Å². The zero-order chi connectivity index (χ0) is 18.5. The normalized spacial score (nSPS) is 18.8. The first-order valence-corrected chi connectivity index (χ1v) is 9.50. The van der Waals surface area contributed by atoms with Gasteiger partial charge in [-0.3, -0.25) is 4.79 Å². The van der Waals surface area contributed by atoms with E-state index in [1.54, 1.807) is 11.1 Å². The van der Waals surface area contributed by atoms with Gasteiger partial charge in [0.2, 0.25) is 0 Å². The highest BCUT2D eigenvalue weighted by Gasteiger charge is 2.24. The number of rotatable bonds is 3. The highest BCUT2D eigenvalue weighted by Crippen LogP contribution is 2.19. The summed E-state index contributed by atoms with van der Waals surface area (Å²) >= 11 is 0. The number of nitrogens with zero attached hydrogens (tertiary/aromatic N) is 4. The van der Waals surface area contributed by atoms with Crippen LogP contribution in [-0.2, 0) is 4.74 Å². The summed E-state index contributed by atoms with van der Waals surface area (Å²) in [5.74, 6) is 1.62. The molecule has 2 fully saturated rings. The van der Waals surface area contributed by atoms with Crippen molar-refractivity contribution in [3.8, 4) is 0 Å². The molecule has 0 unspecified atom stereocenters. The summed E-state index contributed by atoms with van der Waals surface area (Å²) in [5.41, 5.74) is 0.647. The predicted molar refractivity (Wildman–Crippen MR) is 99.3 cm³/mol. The lowest BCUT2D eigenvalue weighted by molar-refractivity contribution is 0.0696. The maximum absolute atomic E-state index is 12.6. The van der Waals surface area contributed by atoms with E-state index in [1.165, 1.54) is 0 Å². The van der Waals surface area contributed by atoms with E-state index in [0.717, 1.165) is 31.7 Å². The summed E-state index contributed by atoms with van der Waals surface area (Å²) in [4.78, 5) is 34.6. The van der Waals surface area contributed by atoms with Gasteiger partial charge < -0.3 is 19.4 Å². The number of likely N-dealkylation sites (tertiary alicyclic amines) is 1. The van der Waals surface area contributed by atoms with Crippen LogP contribution in [0.15, 0.2) is 18.3 Å². The molecule has 2 saturated heterocycles. The first-order valence-electron chi connectivity index (χ1n) is 9.50. The molecule has 2 aliphatic heterocycles. The maximum atomic E-state index is 12.6. The fourth-order valence-corrected chi connectivity index (χ4v) is 3.43. The van der Waals surface area contributed by atoms with Gasteiger partial charge in [-0.1, -0.05) is 6.92 Å². The summed E-state index contributed by atoms with van der Waals surface area (Å²) in [6, 6.07) is 3.76. The van der Waals surface area contributed by atoms with Gasteiger partial charge >= 0.3 is 6.09 Å². The number of hydrogen-bond acceptors (Lipinski definition) is 5. The van der Waals surface area contributed by atoms with Crippen molar-refractivity contribution in [3.63, 3.8) is 0 Å². The quantitative estimate of drug-likeness (QED) is 0.827. The van der Waals surface area contributed by atoms with Crippen LogP contribution in [0, 0.1) is 5.92 Å². The highest BCUT2D eigenvalue weighted by molar-refractivity contribution is 5.94. The lowest BCUT2D eigenvalue weighted by Crippen LogP contribution is -2.49. The van der Waals surface area contributed by atoms with E-state index >= 15 is 0 Å². The lowest BCUT2D eigenvalue weighted by Gasteiger charge is -2.34. The molecule has 0 saturated carbocycles. The van der Waals surface area contributed by atoms with Crippen molar-refractivity contribution in [3.05, 3.63) is 23.9 Å². The first kappa shape index (κ1) is 18.5. The van der Waals surface area contributed by atoms with Crippen LogP contribution >= 0.6 is 0 Å². The van der Waals surface area contributed by atoms with E-state index in [-0.39, 0.29) is 12.0 Å². The standard InChI is InChI=1S/C19H28N4O3/c1-3-26-19(25)23-12-10-21(11-13-23)17-5-4-16(14-20-17)18(24)22-8-6-15(2)7-9-22/h4-5,14-15H,3,6-13H2,1-2H3. The molecule has 2 amide bonds. The average molecular weight is 360 g/mol. The molecule has 3 rings (SSSR count). The average Bonchev–Trinajstić information content (AvgIpc) is 2.68. The van der Waals surface area contributed by atoms with Crippen LogP contribution in [0.3, 0.4) is 0 Å². The number of pyridine rings is 1. The Hall–Kier alpha value is -2.31. The summed E-state index contributed by atoms with van der Waals surface area (Å²) in [6.45, 7) is 8.76. The number of piperidine rings is 1. The summed E-state index contributed by atoms with van der Waals surface area (Å²) in [7, 11) is 0. The van der Waals surface area contributed by atoms with Crippen LogP contribution < -0.4 is 4.90 Å². The number of aromatic nitrogens is 1. The van der Waals surface area contributed by atoms with Crippen molar-refractivity contribution in [1.29, 1.82) is 0 Å². The van der Waals surface area contributed by atoms with Crippen LogP contribution in [0.25, 0.3) is 0 Å². The Kier molecular flexibility index (Phi) is 5.96. The van der Waals surface area contributed by atoms with Crippen LogP contribution in [0.2, 0.25) is 0 Å². The summed E-state index contributed by atoms with van der Waals surface area (Å²) < 4.78 is 5.04. The summed E-state index contributed by atoms with van der Waals surface area (Å²) in [6.07, 6.45) is 3.56. The molecule has 26 heavy (non-hydrogen) atoms. The van der Waals surface area contributed by atoms with Gasteiger partial charge in [-0.2, -0.15) is 0 Å². The minimum Gasteiger partial charge on any atom is -0.450 e. The zero-order valence-corrected chi connectivity index (χ0v) is 15.7. The van der Waals surface area contributed by atoms with Crippen molar-refractivity contribution < 1.29 is 14.3 Å². The Morgan fingerprint density at radius 2 is 1.77 bits per heavy atom. The molecule has 0 spiro atoms. The second-order valence-corrected chi connectivity index (χ2v) is 7.05. The number of hydrogen-bond donors (Lipinski definition) is 0. The van der Waals surface area contributed by atoms with Gasteiger partial charge in [0, 0.05) is 45.5 Å². The second kappa shape index (κ2) is 8.38. The fourth-order valence-electron chi connectivity index (χ4n) is 3.43. The molecule has 0 bridgehead atoms. The van der Waals surface area contributed by atoms with Gasteiger partial charge in [-0.15, -0.1) is 0 Å². The monoisotopic (exact) mass is 360 g/mol. The number of carbonyl (C=O) groups excluding carboxylic acids is 2. The van der Waals surface area contributed by atoms with Crippen LogP contribution in [-0.4, -0.2) is 72.7 Å². The molecular weight excluding hydrogens is 332 g/mol. The topological polar surface area (TPSA) is 66.0 Å². The Morgan fingerprint density at radius 1 is 1.08 bits per heavy atom. The van der Waals surface area contributed by atoms with E-state index in [4.69, 9.17) is 4.74 Å². The largest absolute Gasteiger partial charge is 0.450 e. The molecule has 1 aromatic heterocycles. The third kappa shape index (κ3) is 4.26. The van der Waals surface area contributed by atoms with Gasteiger partial charge in [0.15, 0.2) is 0 Å². The maximum Gasteiger partial charge on any atom is 0.409 e. The number of ether oxygens (including phenoxy) is 1. The van der Waals surface area contributed by atoms with Gasteiger partial charge in [0.1, 0.15) is 5.82 Å². The van der Waals surface area contributed by atoms with E-state index in [1.807, 2.05) is 24.0 Å². The first-order chi connectivity index (χ1) is 12.6. The molecule has 142 valence electrons. The Morgan fingerprint density at radius 3 is 2.35 bits per heavy atom. The second-order valence-electron chi connectivity index (χ2n) is 7.05. The van der Waals surface area contributed by atoms with Gasteiger partial charge in [-0.05, 0) is 37.8 Å². The van der Waals surface area contributed by atoms with Crippen molar-refractivity contribution in [1.82, 2.24) is 14.8 Å². The molecule has 7 heteroatoms. The fraction of sp³-hybridized carbons (Fsp3) is 0.632. The lowest BCUT2D eigenvalue weighted by atomic mass is 9.99. The van der Waals surface area contributed by atoms with E-state index < -0.39 is 0 Å².